The molecule has 2 unspecified atom stereocenters. The average molecular weight is 300 g/mol. The number of amides is 1. The van der Waals surface area contributed by atoms with Gasteiger partial charge in [0.15, 0.2) is 0 Å². The maximum atomic E-state index is 12.1. The molecule has 1 saturated carbocycles. The molecule has 5 heteroatoms. The van der Waals surface area contributed by atoms with E-state index < -0.39 is 0 Å². The molecule has 1 amide bonds. The summed E-state index contributed by atoms with van der Waals surface area (Å²) >= 11 is 3.68. The molecule has 0 saturated heterocycles. The second kappa shape index (κ2) is 5.67. The number of hydrogen-bond acceptors (Lipinski definition) is 2. The number of aromatic nitrogens is 2. The molecule has 4 nitrogen and oxygen atoms in total. The van der Waals surface area contributed by atoms with Gasteiger partial charge in [0.2, 0.25) is 0 Å². The fraction of sp³-hybridized carbons (Fsp3) is 0.667. The predicted octanol–water partition coefficient (Wildman–Crippen LogP) is 2.25. The van der Waals surface area contributed by atoms with Crippen molar-refractivity contribution >= 4 is 21.8 Å². The Kier molecular flexibility index (Phi) is 4.20. The van der Waals surface area contributed by atoms with Crippen molar-refractivity contribution in [3.05, 3.63) is 18.0 Å². The van der Waals surface area contributed by atoms with Gasteiger partial charge in [-0.2, -0.15) is 5.10 Å². The highest BCUT2D eigenvalue weighted by molar-refractivity contribution is 9.09. The zero-order chi connectivity index (χ0) is 12.3. The Labute approximate surface area is 110 Å². The summed E-state index contributed by atoms with van der Waals surface area (Å²) in [4.78, 5) is 12.5. The third-order valence-corrected chi connectivity index (χ3v) is 4.40. The van der Waals surface area contributed by atoms with Gasteiger partial charge in [-0.1, -0.05) is 35.2 Å². The van der Waals surface area contributed by atoms with Crippen molar-refractivity contribution in [3.63, 3.8) is 0 Å². The number of nitrogens with one attached hydrogen (secondary N) is 1. The van der Waals surface area contributed by atoms with Crippen LogP contribution in [0.2, 0.25) is 0 Å². The largest absolute Gasteiger partial charge is 0.347 e. The lowest BCUT2D eigenvalue weighted by Gasteiger charge is -2.21. The van der Waals surface area contributed by atoms with E-state index in [1.165, 1.54) is 19.3 Å². The van der Waals surface area contributed by atoms with Gasteiger partial charge in [-0.3, -0.25) is 9.48 Å². The van der Waals surface area contributed by atoms with Crippen LogP contribution >= 0.6 is 15.9 Å². The molecule has 0 aromatic carbocycles. The molecule has 1 aromatic rings. The van der Waals surface area contributed by atoms with E-state index in [1.54, 1.807) is 24.0 Å². The van der Waals surface area contributed by atoms with E-state index >= 15 is 0 Å². The zero-order valence-corrected chi connectivity index (χ0v) is 11.6. The van der Waals surface area contributed by atoms with Gasteiger partial charge in [-0.05, 0) is 18.9 Å². The van der Waals surface area contributed by atoms with Gasteiger partial charge in [0, 0.05) is 24.1 Å². The molecule has 17 heavy (non-hydrogen) atoms. The topological polar surface area (TPSA) is 46.9 Å². The maximum Gasteiger partial charge on any atom is 0.269 e. The standard InChI is InChI=1S/C12H18BrN3O/c1-16-11(7-8-14-16)12(17)15-10-6-4-2-3-5-9(10)13/h7-10H,2-6H2,1H3,(H,15,17). The van der Waals surface area contributed by atoms with E-state index in [1.807, 2.05) is 0 Å². The summed E-state index contributed by atoms with van der Waals surface area (Å²) in [6, 6.07) is 1.98. The van der Waals surface area contributed by atoms with E-state index in [0.29, 0.717) is 10.5 Å². The fourth-order valence-corrected chi connectivity index (χ4v) is 2.98. The van der Waals surface area contributed by atoms with E-state index in [9.17, 15) is 4.79 Å². The second-order valence-electron chi connectivity index (χ2n) is 4.57. The Balaban J connectivity index is 2.00. The normalized spacial score (nSPS) is 25.3. The lowest BCUT2D eigenvalue weighted by atomic mass is 10.1. The number of carbonyl (C=O) groups excluding carboxylic acids is 1. The molecular weight excluding hydrogens is 282 g/mol. The molecule has 0 bridgehead atoms. The summed E-state index contributed by atoms with van der Waals surface area (Å²) in [5.41, 5.74) is 0.619. The van der Waals surface area contributed by atoms with Crippen LogP contribution in [0.5, 0.6) is 0 Å². The SMILES string of the molecule is Cn1nccc1C(=O)NC1CCCCCC1Br. The van der Waals surface area contributed by atoms with Crippen molar-refractivity contribution in [3.8, 4) is 0 Å². The van der Waals surface area contributed by atoms with Crippen LogP contribution in [0.15, 0.2) is 12.3 Å². The van der Waals surface area contributed by atoms with Crippen LogP contribution in [0.4, 0.5) is 0 Å². The molecular formula is C12H18BrN3O. The summed E-state index contributed by atoms with van der Waals surface area (Å²) in [5.74, 6) is -0.0265. The molecule has 0 aliphatic heterocycles. The molecule has 2 atom stereocenters. The molecule has 0 spiro atoms. The average Bonchev–Trinajstić information content (AvgIpc) is 2.63. The Hall–Kier alpha value is -0.840. The first-order valence-corrected chi connectivity index (χ1v) is 7.03. The summed E-state index contributed by atoms with van der Waals surface area (Å²) in [6.45, 7) is 0. The van der Waals surface area contributed by atoms with Crippen molar-refractivity contribution in [2.45, 2.75) is 43.0 Å². The minimum absolute atomic E-state index is 0.0265. The van der Waals surface area contributed by atoms with Crippen molar-refractivity contribution in [2.24, 2.45) is 7.05 Å². The quantitative estimate of drug-likeness (QED) is 0.672. The van der Waals surface area contributed by atoms with Gasteiger partial charge in [0.1, 0.15) is 5.69 Å². The molecule has 1 heterocycles. The van der Waals surface area contributed by atoms with Crippen LogP contribution in [0.3, 0.4) is 0 Å². The summed E-state index contributed by atoms with van der Waals surface area (Å²) in [6.07, 6.45) is 7.54. The number of rotatable bonds is 2. The summed E-state index contributed by atoms with van der Waals surface area (Å²) in [5, 5.41) is 7.12. The summed E-state index contributed by atoms with van der Waals surface area (Å²) in [7, 11) is 1.79. The van der Waals surface area contributed by atoms with Crippen molar-refractivity contribution in [2.75, 3.05) is 0 Å². The minimum Gasteiger partial charge on any atom is -0.347 e. The maximum absolute atomic E-state index is 12.1. The van der Waals surface area contributed by atoms with Gasteiger partial charge in [0.05, 0.1) is 0 Å². The van der Waals surface area contributed by atoms with Gasteiger partial charge in [-0.25, -0.2) is 0 Å². The van der Waals surface area contributed by atoms with E-state index in [4.69, 9.17) is 0 Å². The highest BCUT2D eigenvalue weighted by atomic mass is 79.9. The fourth-order valence-electron chi connectivity index (χ4n) is 2.26. The van der Waals surface area contributed by atoms with Gasteiger partial charge >= 0.3 is 0 Å². The molecule has 1 aliphatic carbocycles. The lowest BCUT2D eigenvalue weighted by molar-refractivity contribution is 0.0925. The third-order valence-electron chi connectivity index (χ3n) is 3.30. The van der Waals surface area contributed by atoms with Crippen LogP contribution in [0.1, 0.15) is 42.6 Å². The van der Waals surface area contributed by atoms with Crippen LogP contribution in [0, 0.1) is 0 Å². The van der Waals surface area contributed by atoms with E-state index in [2.05, 4.69) is 26.3 Å². The number of halogens is 1. The minimum atomic E-state index is -0.0265. The number of nitrogens with zero attached hydrogens (tertiary/aromatic N) is 2. The van der Waals surface area contributed by atoms with Crippen LogP contribution < -0.4 is 5.32 Å². The molecule has 1 N–H and O–H groups in total. The predicted molar refractivity (Wildman–Crippen MR) is 70.3 cm³/mol. The first-order chi connectivity index (χ1) is 8.18. The molecule has 1 aromatic heterocycles. The zero-order valence-electron chi connectivity index (χ0n) is 10.0. The van der Waals surface area contributed by atoms with Gasteiger partial charge < -0.3 is 5.32 Å². The molecule has 1 fully saturated rings. The van der Waals surface area contributed by atoms with Crippen LogP contribution in [-0.2, 0) is 7.05 Å². The Morgan fingerprint density at radius 3 is 2.94 bits per heavy atom. The Morgan fingerprint density at radius 2 is 2.24 bits per heavy atom. The summed E-state index contributed by atoms with van der Waals surface area (Å²) < 4.78 is 1.61. The Morgan fingerprint density at radius 1 is 1.47 bits per heavy atom. The smallest absolute Gasteiger partial charge is 0.269 e. The lowest BCUT2D eigenvalue weighted by Crippen LogP contribution is -2.41. The van der Waals surface area contributed by atoms with Crippen LogP contribution in [0.25, 0.3) is 0 Å². The monoisotopic (exact) mass is 299 g/mol. The van der Waals surface area contributed by atoms with Crippen molar-refractivity contribution in [1.82, 2.24) is 15.1 Å². The highest BCUT2D eigenvalue weighted by Crippen LogP contribution is 2.23. The van der Waals surface area contributed by atoms with Crippen LogP contribution in [-0.4, -0.2) is 26.6 Å². The van der Waals surface area contributed by atoms with Gasteiger partial charge in [0.25, 0.3) is 5.91 Å². The van der Waals surface area contributed by atoms with Crippen molar-refractivity contribution in [1.29, 1.82) is 0 Å². The highest BCUT2D eigenvalue weighted by Gasteiger charge is 2.24. The number of aryl methyl sites for hydroxylation is 1. The van der Waals surface area contributed by atoms with Gasteiger partial charge in [-0.15, -0.1) is 0 Å². The van der Waals surface area contributed by atoms with Crippen molar-refractivity contribution < 1.29 is 4.79 Å². The molecule has 0 radical (unpaired) electrons. The number of hydrogen-bond donors (Lipinski definition) is 1. The van der Waals surface area contributed by atoms with E-state index in [0.717, 1.165) is 12.8 Å². The number of carbonyl (C=O) groups is 1. The number of alkyl halides is 1. The third kappa shape index (κ3) is 3.09. The second-order valence-corrected chi connectivity index (χ2v) is 5.75. The molecule has 2 rings (SSSR count). The Bertz CT molecular complexity index is 391. The first-order valence-electron chi connectivity index (χ1n) is 6.11. The molecule has 94 valence electrons. The first kappa shape index (κ1) is 12.6. The molecule has 1 aliphatic rings. The van der Waals surface area contributed by atoms with E-state index in [-0.39, 0.29) is 11.9 Å².